The maximum absolute atomic E-state index is 14.4. The van der Waals surface area contributed by atoms with Crippen molar-refractivity contribution in [2.75, 3.05) is 11.9 Å². The van der Waals surface area contributed by atoms with E-state index in [4.69, 9.17) is 5.11 Å². The van der Waals surface area contributed by atoms with Crippen molar-refractivity contribution >= 4 is 28.2 Å². The summed E-state index contributed by atoms with van der Waals surface area (Å²) in [6, 6.07) is 2.69. The number of benzene rings is 1. The predicted molar refractivity (Wildman–Crippen MR) is 108 cm³/mol. The highest BCUT2D eigenvalue weighted by Gasteiger charge is 2.15. The quantitative estimate of drug-likeness (QED) is 0.485. The van der Waals surface area contributed by atoms with Crippen LogP contribution in [0.4, 0.5) is 20.4 Å². The van der Waals surface area contributed by atoms with Crippen LogP contribution in [0.3, 0.4) is 0 Å². The van der Waals surface area contributed by atoms with Crippen LogP contribution in [0.2, 0.25) is 0 Å². The summed E-state index contributed by atoms with van der Waals surface area (Å²) in [5.74, 6) is -1.55. The third-order valence-electron chi connectivity index (χ3n) is 4.51. The minimum absolute atomic E-state index is 0.00173. The van der Waals surface area contributed by atoms with Crippen LogP contribution < -0.4 is 5.32 Å². The molecule has 0 saturated heterocycles. The molecule has 8 nitrogen and oxygen atoms in total. The van der Waals surface area contributed by atoms with E-state index in [1.165, 1.54) is 4.68 Å². The van der Waals surface area contributed by atoms with Crippen LogP contribution in [0.25, 0.3) is 16.6 Å². The first-order chi connectivity index (χ1) is 14.4. The number of halogens is 2. The Hall–Kier alpha value is -3.66. The van der Waals surface area contributed by atoms with E-state index in [0.717, 1.165) is 6.07 Å². The number of aromatic nitrogens is 6. The first-order valence-corrected chi connectivity index (χ1v) is 9.17. The molecule has 10 heteroatoms. The molecule has 30 heavy (non-hydrogen) atoms. The minimum Gasteiger partial charge on any atom is -0.394 e. The molecule has 1 aromatic carbocycles. The van der Waals surface area contributed by atoms with Gasteiger partial charge in [-0.05, 0) is 24.6 Å². The Kier molecular flexibility index (Phi) is 5.23. The van der Waals surface area contributed by atoms with E-state index >= 15 is 0 Å². The molecule has 3 heterocycles. The number of hydrogen-bond acceptors (Lipinski definition) is 6. The fourth-order valence-corrected chi connectivity index (χ4v) is 2.99. The van der Waals surface area contributed by atoms with Gasteiger partial charge in [-0.15, -0.1) is 0 Å². The number of fused-ring (bicyclic) bond motifs is 1. The number of aliphatic hydroxyl groups excluding tert-OH is 1. The normalized spacial score (nSPS) is 11.2. The predicted octanol–water partition coefficient (Wildman–Crippen LogP) is 3.12. The highest BCUT2D eigenvalue weighted by atomic mass is 19.2. The van der Waals surface area contributed by atoms with Gasteiger partial charge in [-0.3, -0.25) is 4.68 Å². The van der Waals surface area contributed by atoms with Crippen molar-refractivity contribution in [3.05, 3.63) is 66.3 Å². The molecule has 154 valence electrons. The van der Waals surface area contributed by atoms with E-state index in [-0.39, 0.29) is 18.7 Å². The van der Waals surface area contributed by atoms with Crippen molar-refractivity contribution in [2.45, 2.75) is 20.0 Å². The van der Waals surface area contributed by atoms with Crippen molar-refractivity contribution in [2.24, 2.45) is 0 Å². The van der Waals surface area contributed by atoms with Gasteiger partial charge in [-0.25, -0.2) is 18.4 Å². The topological polar surface area (TPSA) is 93.7 Å². The first-order valence-electron chi connectivity index (χ1n) is 9.17. The smallest absolute Gasteiger partial charge is 0.229 e. The summed E-state index contributed by atoms with van der Waals surface area (Å²) < 4.78 is 31.4. The number of hydrogen-bond donors (Lipinski definition) is 2. The molecule has 4 rings (SSSR count). The zero-order valence-electron chi connectivity index (χ0n) is 16.2. The molecule has 0 aliphatic rings. The standard InChI is InChI=1S/C20H19F2N7O/c1-12(2)13-5-14(18(22)17(21)6-13)10-29-19-15(8-25-29)7-23-20(27-19)26-16-9-24-28(11-16)3-4-30/h5-9,11,30H,1,3-4,10H2,2H3,(H,23,26,27). The molecule has 0 unspecified atom stereocenters. The molecule has 4 aromatic rings. The average Bonchev–Trinajstić information content (AvgIpc) is 3.32. The lowest BCUT2D eigenvalue weighted by atomic mass is 10.0. The van der Waals surface area contributed by atoms with Crippen molar-refractivity contribution in [3.63, 3.8) is 0 Å². The Morgan fingerprint density at radius 3 is 2.80 bits per heavy atom. The first kappa shape index (κ1) is 19.6. The van der Waals surface area contributed by atoms with Gasteiger partial charge >= 0.3 is 0 Å². The van der Waals surface area contributed by atoms with Crippen LogP contribution in [0.1, 0.15) is 18.1 Å². The number of rotatable bonds is 7. The molecule has 0 radical (unpaired) electrons. The summed E-state index contributed by atoms with van der Waals surface area (Å²) in [5, 5.41) is 21.0. The summed E-state index contributed by atoms with van der Waals surface area (Å²) in [6.45, 7) is 5.87. The summed E-state index contributed by atoms with van der Waals surface area (Å²) in [6.07, 6.45) is 6.45. The van der Waals surface area contributed by atoms with E-state index in [0.29, 0.717) is 40.4 Å². The third-order valence-corrected chi connectivity index (χ3v) is 4.51. The molecule has 0 fully saturated rings. The lowest BCUT2D eigenvalue weighted by Crippen LogP contribution is -2.07. The van der Waals surface area contributed by atoms with Crippen molar-refractivity contribution < 1.29 is 13.9 Å². The third kappa shape index (κ3) is 3.90. The maximum atomic E-state index is 14.4. The highest BCUT2D eigenvalue weighted by molar-refractivity contribution is 5.75. The molecular weight excluding hydrogens is 392 g/mol. The number of anilines is 2. The van der Waals surface area contributed by atoms with Crippen LogP contribution in [-0.2, 0) is 13.1 Å². The minimum atomic E-state index is -0.932. The van der Waals surface area contributed by atoms with E-state index in [2.05, 4.69) is 32.1 Å². The van der Waals surface area contributed by atoms with Crippen LogP contribution in [-0.4, -0.2) is 41.2 Å². The van der Waals surface area contributed by atoms with Gasteiger partial charge in [0.2, 0.25) is 5.95 Å². The van der Waals surface area contributed by atoms with Crippen molar-refractivity contribution in [1.29, 1.82) is 0 Å². The highest BCUT2D eigenvalue weighted by Crippen LogP contribution is 2.22. The summed E-state index contributed by atoms with van der Waals surface area (Å²) in [4.78, 5) is 8.69. The SMILES string of the molecule is C=C(C)c1cc(F)c(F)c(Cn2ncc3cnc(Nc4cnn(CCO)c4)nc32)c1. The van der Waals surface area contributed by atoms with E-state index in [1.54, 1.807) is 42.5 Å². The fraction of sp³-hybridized carbons (Fsp3) is 0.200. The zero-order valence-corrected chi connectivity index (χ0v) is 16.2. The molecule has 0 spiro atoms. The Balaban J connectivity index is 1.64. The average molecular weight is 411 g/mol. The Morgan fingerprint density at radius 2 is 2.03 bits per heavy atom. The molecule has 0 aliphatic heterocycles. The van der Waals surface area contributed by atoms with Crippen molar-refractivity contribution in [1.82, 2.24) is 29.5 Å². The van der Waals surface area contributed by atoms with Crippen molar-refractivity contribution in [3.8, 4) is 0 Å². The molecule has 0 bridgehead atoms. The van der Waals surface area contributed by atoms with Crippen LogP contribution in [0.5, 0.6) is 0 Å². The van der Waals surface area contributed by atoms with E-state index < -0.39 is 11.6 Å². The second-order valence-corrected chi connectivity index (χ2v) is 6.83. The molecule has 2 N–H and O–H groups in total. The van der Waals surface area contributed by atoms with Crippen LogP contribution in [0.15, 0.2) is 43.5 Å². The van der Waals surface area contributed by atoms with Crippen LogP contribution in [0, 0.1) is 11.6 Å². The van der Waals surface area contributed by atoms with Gasteiger partial charge in [0, 0.05) is 18.0 Å². The Bertz CT molecular complexity index is 1230. The molecule has 0 aliphatic carbocycles. The molecule has 3 aromatic heterocycles. The van der Waals surface area contributed by atoms with Gasteiger partial charge in [0.05, 0.1) is 43.2 Å². The lowest BCUT2D eigenvalue weighted by Gasteiger charge is -2.09. The van der Waals surface area contributed by atoms with Gasteiger partial charge < -0.3 is 10.4 Å². The Labute approximate surface area is 170 Å². The number of nitrogens with zero attached hydrogens (tertiary/aromatic N) is 6. The van der Waals surface area contributed by atoms with Gasteiger partial charge in [0.1, 0.15) is 0 Å². The largest absolute Gasteiger partial charge is 0.394 e. The van der Waals surface area contributed by atoms with E-state index in [9.17, 15) is 8.78 Å². The monoisotopic (exact) mass is 411 g/mol. The lowest BCUT2D eigenvalue weighted by molar-refractivity contribution is 0.269. The maximum Gasteiger partial charge on any atom is 0.229 e. The van der Waals surface area contributed by atoms with Gasteiger partial charge in [-0.2, -0.15) is 15.2 Å². The van der Waals surface area contributed by atoms with Gasteiger partial charge in [0.25, 0.3) is 0 Å². The summed E-state index contributed by atoms with van der Waals surface area (Å²) >= 11 is 0. The van der Waals surface area contributed by atoms with Gasteiger partial charge in [-0.1, -0.05) is 12.2 Å². The molecule has 0 atom stereocenters. The second kappa shape index (κ2) is 7.99. The number of aliphatic hydroxyl groups is 1. The van der Waals surface area contributed by atoms with E-state index in [1.807, 2.05) is 0 Å². The zero-order chi connectivity index (χ0) is 21.3. The molecule has 0 saturated carbocycles. The molecular formula is C20H19F2N7O. The Morgan fingerprint density at radius 1 is 1.20 bits per heavy atom. The number of allylic oxidation sites excluding steroid dienone is 1. The fourth-order valence-electron chi connectivity index (χ4n) is 2.99. The van der Waals surface area contributed by atoms with Gasteiger partial charge in [0.15, 0.2) is 17.3 Å². The summed E-state index contributed by atoms with van der Waals surface area (Å²) in [5.41, 5.74) is 2.43. The summed E-state index contributed by atoms with van der Waals surface area (Å²) in [7, 11) is 0. The number of nitrogens with one attached hydrogen (secondary N) is 1. The van der Waals surface area contributed by atoms with Crippen LogP contribution >= 0.6 is 0 Å². The molecule has 0 amide bonds. The second-order valence-electron chi connectivity index (χ2n) is 6.83.